The molecule has 2 N–H and O–H groups in total. The summed E-state index contributed by atoms with van der Waals surface area (Å²) in [7, 11) is 0. The normalized spacial score (nSPS) is 26.2. The zero-order valence-corrected chi connectivity index (χ0v) is 19.0. The van der Waals surface area contributed by atoms with Crippen LogP contribution in [0.3, 0.4) is 0 Å². The first-order valence-electron chi connectivity index (χ1n) is 10.9. The largest absolute Gasteiger partial charge is 0.465 e. The molecule has 0 radical (unpaired) electrons. The predicted octanol–water partition coefficient (Wildman–Crippen LogP) is 5.16. The standard InChI is InChI=1S/C25H29BrO4/c1-2-3-4-5-6-9-14-30-23(27)22-16-24(28)18-10-7-8-11-19(18)25(22,29)20-13-12-17(26)15-21(20)24/h7-8,10-13,15,22,28-29H,2-6,9,14,16H2,1H3. The van der Waals surface area contributed by atoms with Crippen molar-refractivity contribution in [3.63, 3.8) is 0 Å². The van der Waals surface area contributed by atoms with E-state index in [-0.39, 0.29) is 6.42 Å². The third-order valence-electron chi connectivity index (χ3n) is 6.65. The van der Waals surface area contributed by atoms with Crippen molar-refractivity contribution in [2.45, 2.75) is 63.1 Å². The summed E-state index contributed by atoms with van der Waals surface area (Å²) in [6.07, 6.45) is 6.77. The highest BCUT2D eigenvalue weighted by molar-refractivity contribution is 9.10. The van der Waals surface area contributed by atoms with Crippen LogP contribution >= 0.6 is 15.9 Å². The smallest absolute Gasteiger partial charge is 0.312 e. The van der Waals surface area contributed by atoms with Crippen molar-refractivity contribution >= 4 is 21.9 Å². The molecule has 2 bridgehead atoms. The second-order valence-electron chi connectivity index (χ2n) is 8.55. The molecule has 0 heterocycles. The van der Waals surface area contributed by atoms with Gasteiger partial charge in [-0.2, -0.15) is 0 Å². The average molecular weight is 473 g/mol. The Labute approximate surface area is 186 Å². The van der Waals surface area contributed by atoms with Crippen LogP contribution in [0.15, 0.2) is 46.9 Å². The highest BCUT2D eigenvalue weighted by Crippen LogP contribution is 2.60. The first kappa shape index (κ1) is 21.5. The topological polar surface area (TPSA) is 66.8 Å². The Morgan fingerprint density at radius 1 is 1.00 bits per heavy atom. The van der Waals surface area contributed by atoms with E-state index in [9.17, 15) is 15.0 Å². The molecule has 3 atom stereocenters. The third kappa shape index (κ3) is 3.41. The lowest BCUT2D eigenvalue weighted by molar-refractivity contribution is -0.167. The molecule has 0 amide bonds. The van der Waals surface area contributed by atoms with Crippen molar-refractivity contribution in [2.24, 2.45) is 5.92 Å². The van der Waals surface area contributed by atoms with Crippen molar-refractivity contribution < 1.29 is 19.7 Å². The lowest BCUT2D eigenvalue weighted by atomic mass is 9.54. The first-order chi connectivity index (χ1) is 14.4. The van der Waals surface area contributed by atoms with Crippen molar-refractivity contribution in [3.8, 4) is 0 Å². The number of aliphatic hydroxyl groups is 2. The van der Waals surface area contributed by atoms with E-state index < -0.39 is 23.1 Å². The number of hydrogen-bond donors (Lipinski definition) is 2. The molecule has 160 valence electrons. The Balaban J connectivity index is 1.58. The predicted molar refractivity (Wildman–Crippen MR) is 119 cm³/mol. The summed E-state index contributed by atoms with van der Waals surface area (Å²) in [5.41, 5.74) is -0.342. The number of carbonyl (C=O) groups is 1. The summed E-state index contributed by atoms with van der Waals surface area (Å²) in [5.74, 6) is -1.28. The van der Waals surface area contributed by atoms with Crippen molar-refractivity contribution in [3.05, 3.63) is 69.2 Å². The summed E-state index contributed by atoms with van der Waals surface area (Å²) >= 11 is 3.47. The van der Waals surface area contributed by atoms with Gasteiger partial charge in [-0.05, 0) is 40.8 Å². The summed E-state index contributed by atoms with van der Waals surface area (Å²) in [6.45, 7) is 2.54. The highest BCUT2D eigenvalue weighted by Gasteiger charge is 2.62. The van der Waals surface area contributed by atoms with Gasteiger partial charge >= 0.3 is 5.97 Å². The third-order valence-corrected chi connectivity index (χ3v) is 7.14. The van der Waals surface area contributed by atoms with E-state index in [0.717, 1.165) is 23.7 Å². The molecule has 0 saturated carbocycles. The number of rotatable bonds is 8. The number of hydrogen-bond acceptors (Lipinski definition) is 4. The molecule has 3 aliphatic rings. The second-order valence-corrected chi connectivity index (χ2v) is 9.47. The summed E-state index contributed by atoms with van der Waals surface area (Å²) < 4.78 is 6.41. The van der Waals surface area contributed by atoms with Crippen molar-refractivity contribution in [2.75, 3.05) is 6.61 Å². The summed E-state index contributed by atoms with van der Waals surface area (Å²) in [5, 5.41) is 23.7. The maximum atomic E-state index is 13.1. The van der Waals surface area contributed by atoms with E-state index in [0.29, 0.717) is 28.9 Å². The van der Waals surface area contributed by atoms with Crippen LogP contribution in [0.5, 0.6) is 0 Å². The lowest BCUT2D eigenvalue weighted by Gasteiger charge is -2.53. The Hall–Kier alpha value is -1.69. The maximum absolute atomic E-state index is 13.1. The summed E-state index contributed by atoms with van der Waals surface area (Å²) in [4.78, 5) is 13.1. The van der Waals surface area contributed by atoms with Gasteiger partial charge in [-0.15, -0.1) is 0 Å². The molecule has 4 nitrogen and oxygen atoms in total. The number of fused-ring (bicyclic) bond motifs is 1. The van der Waals surface area contributed by atoms with Crippen molar-refractivity contribution in [1.82, 2.24) is 0 Å². The molecule has 2 aromatic carbocycles. The lowest BCUT2D eigenvalue weighted by Crippen LogP contribution is -2.57. The molecule has 0 fully saturated rings. The van der Waals surface area contributed by atoms with Crippen LogP contribution < -0.4 is 0 Å². The molecule has 0 spiro atoms. The molecule has 5 rings (SSSR count). The number of halogens is 1. The zero-order valence-electron chi connectivity index (χ0n) is 17.4. The fraction of sp³-hybridized carbons (Fsp3) is 0.480. The molecule has 0 aromatic heterocycles. The van der Waals surface area contributed by atoms with E-state index in [1.54, 1.807) is 12.1 Å². The Morgan fingerprint density at radius 2 is 1.67 bits per heavy atom. The minimum Gasteiger partial charge on any atom is -0.465 e. The molecule has 3 unspecified atom stereocenters. The van der Waals surface area contributed by atoms with Crippen LogP contribution in [-0.4, -0.2) is 22.8 Å². The first-order valence-corrected chi connectivity index (χ1v) is 11.7. The highest BCUT2D eigenvalue weighted by atomic mass is 79.9. The minimum atomic E-state index is -1.50. The maximum Gasteiger partial charge on any atom is 0.312 e. The molecular weight excluding hydrogens is 444 g/mol. The van der Waals surface area contributed by atoms with Gasteiger partial charge in [-0.3, -0.25) is 4.79 Å². The number of benzene rings is 2. The minimum absolute atomic E-state index is 0.110. The average Bonchev–Trinajstić information content (AvgIpc) is 2.75. The van der Waals surface area contributed by atoms with Gasteiger partial charge in [0.1, 0.15) is 11.2 Å². The van der Waals surface area contributed by atoms with Gasteiger partial charge in [-0.1, -0.05) is 85.3 Å². The van der Waals surface area contributed by atoms with E-state index in [2.05, 4.69) is 22.9 Å². The quantitative estimate of drug-likeness (QED) is 0.411. The van der Waals surface area contributed by atoms with E-state index in [1.807, 2.05) is 30.3 Å². The fourth-order valence-electron chi connectivity index (χ4n) is 5.11. The van der Waals surface area contributed by atoms with Gasteiger partial charge in [0.15, 0.2) is 0 Å². The SMILES string of the molecule is CCCCCCCCOC(=O)C1CC2(O)c3ccccc3C1(O)c1ccc(Br)cc12. The van der Waals surface area contributed by atoms with Crippen LogP contribution in [0.4, 0.5) is 0 Å². The van der Waals surface area contributed by atoms with E-state index >= 15 is 0 Å². The van der Waals surface area contributed by atoms with Crippen LogP contribution in [-0.2, 0) is 20.7 Å². The number of ether oxygens (including phenoxy) is 1. The van der Waals surface area contributed by atoms with E-state index in [4.69, 9.17) is 4.74 Å². The van der Waals surface area contributed by atoms with Crippen LogP contribution in [0.2, 0.25) is 0 Å². The second kappa shape index (κ2) is 8.45. The van der Waals surface area contributed by atoms with E-state index in [1.165, 1.54) is 19.3 Å². The van der Waals surface area contributed by atoms with Crippen LogP contribution in [0.1, 0.15) is 74.1 Å². The van der Waals surface area contributed by atoms with Gasteiger partial charge in [0, 0.05) is 10.9 Å². The van der Waals surface area contributed by atoms with Crippen LogP contribution in [0.25, 0.3) is 0 Å². The van der Waals surface area contributed by atoms with Gasteiger partial charge in [-0.25, -0.2) is 0 Å². The van der Waals surface area contributed by atoms with Gasteiger partial charge in [0.2, 0.25) is 0 Å². The molecular formula is C25H29BrO4. The van der Waals surface area contributed by atoms with Gasteiger partial charge in [0.05, 0.1) is 12.5 Å². The molecule has 0 saturated heterocycles. The summed E-state index contributed by atoms with van der Waals surface area (Å²) in [6, 6.07) is 12.8. The molecule has 2 aromatic rings. The monoisotopic (exact) mass is 472 g/mol. The fourth-order valence-corrected chi connectivity index (χ4v) is 5.47. The van der Waals surface area contributed by atoms with Crippen LogP contribution in [0, 0.1) is 5.92 Å². The Morgan fingerprint density at radius 3 is 2.43 bits per heavy atom. The molecule has 30 heavy (non-hydrogen) atoms. The molecule has 5 heteroatoms. The van der Waals surface area contributed by atoms with Gasteiger partial charge in [0.25, 0.3) is 0 Å². The number of unbranched alkanes of at least 4 members (excludes halogenated alkanes) is 5. The number of carbonyl (C=O) groups excluding carboxylic acids is 1. The molecule has 0 aliphatic heterocycles. The number of esters is 1. The molecule has 3 aliphatic carbocycles. The van der Waals surface area contributed by atoms with Crippen molar-refractivity contribution in [1.29, 1.82) is 0 Å². The Kier molecular flexibility index (Phi) is 6.06. The van der Waals surface area contributed by atoms with Gasteiger partial charge < -0.3 is 14.9 Å². The zero-order chi connectivity index (χ0) is 21.4. The Bertz CT molecular complexity index is 942.